The predicted molar refractivity (Wildman–Crippen MR) is 135 cm³/mol. The number of rotatable bonds is 16. The molecule has 1 rings (SSSR count). The van der Waals surface area contributed by atoms with Crippen LogP contribution < -0.4 is 16.4 Å². The molecule has 0 saturated heterocycles. The zero-order chi connectivity index (χ0) is 23.8. The fraction of sp³-hybridized carbons (Fsp3) is 0.625. The molecule has 2 atom stereocenters. The molecule has 180 valence electrons. The fourth-order valence-corrected chi connectivity index (χ4v) is 3.68. The quantitative estimate of drug-likeness (QED) is 0.164. The number of amides is 2. The van der Waals surface area contributed by atoms with Crippen LogP contribution in [0.1, 0.15) is 63.9 Å². The van der Waals surface area contributed by atoms with Gasteiger partial charge in [-0.25, -0.2) is 4.79 Å². The SMILES string of the molecule is COC(=O)C(CCCCNC(=O)CCCc1ccc(I)cc1)NC(=O)C(C)CCCCN. The first-order valence-electron chi connectivity index (χ1n) is 11.5. The Bertz CT molecular complexity index is 697. The summed E-state index contributed by atoms with van der Waals surface area (Å²) >= 11 is 2.28. The first-order valence-corrected chi connectivity index (χ1v) is 12.5. The molecular weight excluding hydrogens is 521 g/mol. The van der Waals surface area contributed by atoms with E-state index < -0.39 is 12.0 Å². The molecule has 1 aromatic carbocycles. The number of carbonyl (C=O) groups is 3. The first kappa shape index (κ1) is 28.4. The van der Waals surface area contributed by atoms with E-state index in [1.165, 1.54) is 16.2 Å². The van der Waals surface area contributed by atoms with E-state index >= 15 is 0 Å². The van der Waals surface area contributed by atoms with Crippen molar-refractivity contribution >= 4 is 40.4 Å². The van der Waals surface area contributed by atoms with Crippen LogP contribution in [-0.4, -0.2) is 44.0 Å². The van der Waals surface area contributed by atoms with Crippen molar-refractivity contribution in [3.8, 4) is 0 Å². The van der Waals surface area contributed by atoms with Crippen molar-refractivity contribution in [2.24, 2.45) is 11.7 Å². The van der Waals surface area contributed by atoms with Gasteiger partial charge in [-0.3, -0.25) is 9.59 Å². The number of methoxy groups -OCH3 is 1. The highest BCUT2D eigenvalue weighted by Crippen LogP contribution is 2.11. The van der Waals surface area contributed by atoms with Crippen LogP contribution in [0.5, 0.6) is 0 Å². The van der Waals surface area contributed by atoms with Crippen molar-refractivity contribution in [2.45, 2.75) is 70.8 Å². The van der Waals surface area contributed by atoms with Crippen molar-refractivity contribution in [1.82, 2.24) is 10.6 Å². The molecule has 7 nitrogen and oxygen atoms in total. The molecule has 0 aliphatic rings. The topological polar surface area (TPSA) is 111 Å². The van der Waals surface area contributed by atoms with Crippen molar-refractivity contribution in [3.05, 3.63) is 33.4 Å². The summed E-state index contributed by atoms with van der Waals surface area (Å²) in [5, 5.41) is 5.74. The van der Waals surface area contributed by atoms with Gasteiger partial charge in [-0.05, 0) is 91.8 Å². The minimum Gasteiger partial charge on any atom is -0.467 e. The number of benzene rings is 1. The minimum absolute atomic E-state index is 0.0413. The standard InChI is InChI=1S/C24H38IN3O4/c1-18(8-3-5-16-26)23(30)28-21(24(31)32-2)10-4-6-17-27-22(29)11-7-9-19-12-14-20(25)15-13-19/h12-15,18,21H,3-11,16-17,26H2,1-2H3,(H,27,29)(H,28,30). The van der Waals surface area contributed by atoms with Crippen molar-refractivity contribution < 1.29 is 19.1 Å². The molecule has 0 spiro atoms. The van der Waals surface area contributed by atoms with Gasteiger partial charge >= 0.3 is 5.97 Å². The average molecular weight is 559 g/mol. The second kappa shape index (κ2) is 16.9. The number of ether oxygens (including phenoxy) is 1. The van der Waals surface area contributed by atoms with E-state index in [1.807, 2.05) is 6.92 Å². The van der Waals surface area contributed by atoms with Crippen LogP contribution in [0.15, 0.2) is 24.3 Å². The highest BCUT2D eigenvalue weighted by atomic mass is 127. The number of nitrogens with one attached hydrogen (secondary N) is 2. The third-order valence-corrected chi connectivity index (χ3v) is 6.08. The summed E-state index contributed by atoms with van der Waals surface area (Å²) in [6.45, 7) is 3.02. The minimum atomic E-state index is -0.658. The molecular formula is C24H38IN3O4. The van der Waals surface area contributed by atoms with Crippen LogP contribution in [0.3, 0.4) is 0 Å². The largest absolute Gasteiger partial charge is 0.467 e. The van der Waals surface area contributed by atoms with Crippen LogP contribution in [0, 0.1) is 9.49 Å². The van der Waals surface area contributed by atoms with E-state index in [-0.39, 0.29) is 17.7 Å². The molecule has 1 aromatic rings. The number of hydrogen-bond acceptors (Lipinski definition) is 5. The number of nitrogens with two attached hydrogens (primary N) is 1. The van der Waals surface area contributed by atoms with Gasteiger partial charge in [0, 0.05) is 22.5 Å². The summed E-state index contributed by atoms with van der Waals surface area (Å²) in [7, 11) is 1.32. The Balaban J connectivity index is 2.24. The van der Waals surface area contributed by atoms with E-state index in [1.54, 1.807) is 0 Å². The molecule has 0 aliphatic carbocycles. The summed E-state index contributed by atoms with van der Waals surface area (Å²) in [6, 6.07) is 7.67. The summed E-state index contributed by atoms with van der Waals surface area (Å²) in [5.74, 6) is -0.710. The maximum absolute atomic E-state index is 12.4. The Morgan fingerprint density at radius 1 is 1.03 bits per heavy atom. The molecule has 0 radical (unpaired) electrons. The first-order chi connectivity index (χ1) is 15.4. The zero-order valence-corrected chi connectivity index (χ0v) is 21.5. The molecule has 0 fully saturated rings. The Morgan fingerprint density at radius 2 is 1.72 bits per heavy atom. The summed E-state index contributed by atoms with van der Waals surface area (Å²) < 4.78 is 6.04. The normalized spacial score (nSPS) is 12.6. The van der Waals surface area contributed by atoms with E-state index in [4.69, 9.17) is 10.5 Å². The summed E-state index contributed by atoms with van der Waals surface area (Å²) in [5.41, 5.74) is 6.73. The Labute approximate surface area is 205 Å². The lowest BCUT2D eigenvalue weighted by atomic mass is 10.0. The van der Waals surface area contributed by atoms with Gasteiger partial charge in [0.05, 0.1) is 7.11 Å². The van der Waals surface area contributed by atoms with E-state index in [0.29, 0.717) is 32.4 Å². The van der Waals surface area contributed by atoms with Crippen molar-refractivity contribution in [3.63, 3.8) is 0 Å². The lowest BCUT2D eigenvalue weighted by molar-refractivity contribution is -0.145. The predicted octanol–water partition coefficient (Wildman–Crippen LogP) is 3.32. The van der Waals surface area contributed by atoms with Gasteiger partial charge in [-0.1, -0.05) is 25.5 Å². The van der Waals surface area contributed by atoms with Crippen molar-refractivity contribution in [1.29, 1.82) is 0 Å². The average Bonchev–Trinajstić information content (AvgIpc) is 2.78. The van der Waals surface area contributed by atoms with Gasteiger partial charge in [0.15, 0.2) is 0 Å². The zero-order valence-electron chi connectivity index (χ0n) is 19.3. The Hall–Kier alpha value is -1.68. The van der Waals surface area contributed by atoms with Gasteiger partial charge in [0.2, 0.25) is 11.8 Å². The Morgan fingerprint density at radius 3 is 2.38 bits per heavy atom. The van der Waals surface area contributed by atoms with Gasteiger partial charge < -0.3 is 21.1 Å². The Kier molecular flexibility index (Phi) is 15.0. The second-order valence-electron chi connectivity index (χ2n) is 8.10. The third-order valence-electron chi connectivity index (χ3n) is 5.37. The number of unbranched alkanes of at least 4 members (excludes halogenated alkanes) is 2. The third kappa shape index (κ3) is 12.4. The van der Waals surface area contributed by atoms with Crippen LogP contribution in [-0.2, 0) is 25.5 Å². The monoisotopic (exact) mass is 559 g/mol. The maximum Gasteiger partial charge on any atom is 0.328 e. The fourth-order valence-electron chi connectivity index (χ4n) is 3.32. The molecule has 0 aliphatic heterocycles. The second-order valence-corrected chi connectivity index (χ2v) is 9.34. The maximum atomic E-state index is 12.4. The van der Waals surface area contributed by atoms with E-state index in [9.17, 15) is 14.4 Å². The van der Waals surface area contributed by atoms with Crippen LogP contribution >= 0.6 is 22.6 Å². The smallest absolute Gasteiger partial charge is 0.328 e. The molecule has 2 unspecified atom stereocenters. The summed E-state index contributed by atoms with van der Waals surface area (Å²) in [6.07, 6.45) is 6.62. The number of aryl methyl sites for hydroxylation is 1. The lowest BCUT2D eigenvalue weighted by Crippen LogP contribution is -2.43. The van der Waals surface area contributed by atoms with Crippen LogP contribution in [0.2, 0.25) is 0 Å². The molecule has 0 aromatic heterocycles. The number of halogens is 1. The highest BCUT2D eigenvalue weighted by Gasteiger charge is 2.23. The number of esters is 1. The molecule has 2 amide bonds. The van der Waals surface area contributed by atoms with Crippen molar-refractivity contribution in [2.75, 3.05) is 20.2 Å². The van der Waals surface area contributed by atoms with E-state index in [2.05, 4.69) is 57.5 Å². The molecule has 4 N–H and O–H groups in total. The number of hydrogen-bond donors (Lipinski definition) is 3. The molecule has 32 heavy (non-hydrogen) atoms. The van der Waals surface area contributed by atoms with E-state index in [0.717, 1.165) is 38.5 Å². The van der Waals surface area contributed by atoms with Gasteiger partial charge in [0.1, 0.15) is 6.04 Å². The number of carbonyl (C=O) groups excluding carboxylic acids is 3. The highest BCUT2D eigenvalue weighted by molar-refractivity contribution is 14.1. The van der Waals surface area contributed by atoms with Gasteiger partial charge in [0.25, 0.3) is 0 Å². The van der Waals surface area contributed by atoms with Crippen LogP contribution in [0.4, 0.5) is 0 Å². The summed E-state index contributed by atoms with van der Waals surface area (Å²) in [4.78, 5) is 36.4. The van der Waals surface area contributed by atoms with Crippen LogP contribution in [0.25, 0.3) is 0 Å². The molecule has 8 heteroatoms. The molecule has 0 bridgehead atoms. The van der Waals surface area contributed by atoms with Gasteiger partial charge in [-0.2, -0.15) is 0 Å². The molecule has 0 heterocycles. The lowest BCUT2D eigenvalue weighted by Gasteiger charge is -2.19. The molecule has 0 saturated carbocycles. The van der Waals surface area contributed by atoms with Gasteiger partial charge in [-0.15, -0.1) is 0 Å².